The summed E-state index contributed by atoms with van der Waals surface area (Å²) in [4.78, 5) is 14.5. The van der Waals surface area contributed by atoms with Crippen LogP contribution < -0.4 is 0 Å². The van der Waals surface area contributed by atoms with Crippen LogP contribution in [0.4, 0.5) is 0 Å². The monoisotopic (exact) mass is 191 g/mol. The largest absolute Gasteiger partial charge is 0.506 e. The van der Waals surface area contributed by atoms with Crippen LogP contribution in [0.2, 0.25) is 0 Å². The van der Waals surface area contributed by atoms with Gasteiger partial charge in [0, 0.05) is 17.7 Å². The molecule has 0 aliphatic heterocycles. The highest BCUT2D eigenvalue weighted by Gasteiger charge is 1.94. The molecule has 0 saturated heterocycles. The van der Waals surface area contributed by atoms with E-state index in [1.54, 1.807) is 6.92 Å². The summed E-state index contributed by atoms with van der Waals surface area (Å²) in [7, 11) is 0. The number of carbonyl (C=O) groups is 1. The van der Waals surface area contributed by atoms with Gasteiger partial charge in [-0.1, -0.05) is 5.92 Å². The van der Waals surface area contributed by atoms with Crippen LogP contribution in [0.15, 0.2) is 18.5 Å². The number of aromatic nitrogens is 1. The number of pyridine rings is 1. The zero-order valence-corrected chi connectivity index (χ0v) is 7.65. The predicted molar refractivity (Wildman–Crippen MR) is 49.4 cm³/mol. The highest BCUT2D eigenvalue weighted by molar-refractivity contribution is 5.89. The van der Waals surface area contributed by atoms with E-state index in [0.717, 1.165) is 0 Å². The van der Waals surface area contributed by atoms with E-state index in [-0.39, 0.29) is 5.75 Å². The summed E-state index contributed by atoms with van der Waals surface area (Å²) in [6, 6.07) is 1.42. The number of aromatic hydroxyl groups is 1. The van der Waals surface area contributed by atoms with E-state index in [0.29, 0.717) is 12.2 Å². The molecule has 0 bridgehead atoms. The van der Waals surface area contributed by atoms with Gasteiger partial charge in [0.05, 0.1) is 12.8 Å². The zero-order chi connectivity index (χ0) is 10.4. The summed E-state index contributed by atoms with van der Waals surface area (Å²) < 4.78 is 4.60. The van der Waals surface area contributed by atoms with Crippen molar-refractivity contribution in [1.82, 2.24) is 4.98 Å². The number of hydrogen-bond donors (Lipinski definition) is 1. The first-order valence-corrected chi connectivity index (χ1v) is 4.05. The maximum Gasteiger partial charge on any atom is 0.384 e. The summed E-state index contributed by atoms with van der Waals surface area (Å²) in [5.41, 5.74) is 0.470. The van der Waals surface area contributed by atoms with Crippen LogP contribution in [0, 0.1) is 11.8 Å². The molecular formula is C10H9NO3. The molecule has 0 radical (unpaired) electrons. The molecule has 0 aliphatic carbocycles. The summed E-state index contributed by atoms with van der Waals surface area (Å²) in [6.07, 6.45) is 2.74. The number of hydrogen-bond acceptors (Lipinski definition) is 4. The second-order valence-corrected chi connectivity index (χ2v) is 2.40. The van der Waals surface area contributed by atoms with Crippen molar-refractivity contribution >= 4 is 5.97 Å². The Morgan fingerprint density at radius 3 is 3.07 bits per heavy atom. The average molecular weight is 191 g/mol. The topological polar surface area (TPSA) is 59.4 Å². The van der Waals surface area contributed by atoms with Crippen molar-refractivity contribution in [1.29, 1.82) is 0 Å². The van der Waals surface area contributed by atoms with Crippen molar-refractivity contribution in [3.05, 3.63) is 24.0 Å². The maximum atomic E-state index is 10.8. The minimum absolute atomic E-state index is 0.0145. The fraction of sp³-hybridized carbons (Fsp3) is 0.200. The van der Waals surface area contributed by atoms with Gasteiger partial charge in [-0.3, -0.25) is 4.98 Å². The number of carbonyl (C=O) groups excluding carboxylic acids is 1. The summed E-state index contributed by atoms with van der Waals surface area (Å²) >= 11 is 0. The molecule has 72 valence electrons. The Bertz CT molecular complexity index is 390. The number of ether oxygens (including phenoxy) is 1. The maximum absolute atomic E-state index is 10.8. The molecule has 4 nitrogen and oxygen atoms in total. The average Bonchev–Trinajstić information content (AvgIpc) is 2.15. The Morgan fingerprint density at radius 2 is 2.43 bits per heavy atom. The van der Waals surface area contributed by atoms with Gasteiger partial charge in [-0.25, -0.2) is 4.79 Å². The first-order chi connectivity index (χ1) is 6.72. The van der Waals surface area contributed by atoms with Crippen molar-refractivity contribution in [3.8, 4) is 17.6 Å². The van der Waals surface area contributed by atoms with Gasteiger partial charge in [0.2, 0.25) is 0 Å². The first-order valence-electron chi connectivity index (χ1n) is 4.05. The fourth-order valence-electron chi connectivity index (χ4n) is 0.787. The molecule has 0 saturated carbocycles. The quantitative estimate of drug-likeness (QED) is 0.524. The molecule has 1 aromatic rings. The second kappa shape index (κ2) is 4.87. The van der Waals surface area contributed by atoms with Crippen molar-refractivity contribution < 1.29 is 14.6 Å². The SMILES string of the molecule is CCOC(=O)C#Cc1cncc(O)c1. The van der Waals surface area contributed by atoms with E-state index in [1.807, 2.05) is 0 Å². The lowest BCUT2D eigenvalue weighted by Gasteiger charge is -1.92. The van der Waals surface area contributed by atoms with Crippen molar-refractivity contribution in [2.24, 2.45) is 0 Å². The summed E-state index contributed by atoms with van der Waals surface area (Å²) in [5.74, 6) is 4.22. The van der Waals surface area contributed by atoms with E-state index in [4.69, 9.17) is 5.11 Å². The van der Waals surface area contributed by atoms with Crippen molar-refractivity contribution in [2.45, 2.75) is 6.92 Å². The Balaban J connectivity index is 2.72. The molecule has 0 aromatic carbocycles. The zero-order valence-electron chi connectivity index (χ0n) is 7.65. The predicted octanol–water partition coefficient (Wildman–Crippen LogP) is 0.702. The fourth-order valence-corrected chi connectivity index (χ4v) is 0.787. The molecule has 1 heterocycles. The molecule has 0 amide bonds. The van der Waals surface area contributed by atoms with Gasteiger partial charge in [-0.2, -0.15) is 0 Å². The Hall–Kier alpha value is -2.02. The van der Waals surface area contributed by atoms with Crippen LogP contribution in [0.25, 0.3) is 0 Å². The highest BCUT2D eigenvalue weighted by Crippen LogP contribution is 2.06. The van der Waals surface area contributed by atoms with E-state index >= 15 is 0 Å². The lowest BCUT2D eigenvalue weighted by molar-refractivity contribution is -0.136. The standard InChI is InChI=1S/C10H9NO3/c1-2-14-10(13)4-3-8-5-9(12)7-11-6-8/h5-7,12H,2H2,1H3. The Morgan fingerprint density at radius 1 is 1.64 bits per heavy atom. The van der Waals surface area contributed by atoms with Gasteiger partial charge in [-0.05, 0) is 13.0 Å². The molecule has 1 N–H and O–H groups in total. The van der Waals surface area contributed by atoms with Gasteiger partial charge >= 0.3 is 5.97 Å². The smallest absolute Gasteiger partial charge is 0.384 e. The molecule has 4 heteroatoms. The summed E-state index contributed by atoms with van der Waals surface area (Å²) in [6.45, 7) is 2.00. The third-order valence-corrected chi connectivity index (χ3v) is 1.31. The second-order valence-electron chi connectivity index (χ2n) is 2.40. The van der Waals surface area contributed by atoms with Gasteiger partial charge in [0.25, 0.3) is 0 Å². The third kappa shape index (κ3) is 3.15. The molecule has 14 heavy (non-hydrogen) atoms. The van der Waals surface area contributed by atoms with Crippen LogP contribution in [-0.4, -0.2) is 22.7 Å². The van der Waals surface area contributed by atoms with Crippen LogP contribution in [0.3, 0.4) is 0 Å². The van der Waals surface area contributed by atoms with Gasteiger partial charge in [-0.15, -0.1) is 0 Å². The minimum atomic E-state index is -0.587. The minimum Gasteiger partial charge on any atom is -0.506 e. The lowest BCUT2D eigenvalue weighted by Crippen LogP contribution is -1.99. The molecule has 1 aromatic heterocycles. The summed E-state index contributed by atoms with van der Waals surface area (Å²) in [5, 5.41) is 9.04. The van der Waals surface area contributed by atoms with Gasteiger partial charge in [0.1, 0.15) is 5.75 Å². The lowest BCUT2D eigenvalue weighted by atomic mass is 10.3. The normalized spacial score (nSPS) is 8.64. The van der Waals surface area contributed by atoms with Crippen LogP contribution in [-0.2, 0) is 9.53 Å². The molecule has 1 rings (SSSR count). The van der Waals surface area contributed by atoms with E-state index in [9.17, 15) is 4.79 Å². The number of esters is 1. The van der Waals surface area contributed by atoms with E-state index < -0.39 is 5.97 Å². The number of rotatable bonds is 1. The van der Waals surface area contributed by atoms with E-state index in [1.165, 1.54) is 18.5 Å². The van der Waals surface area contributed by atoms with E-state index in [2.05, 4.69) is 21.6 Å². The number of nitrogens with zero attached hydrogens (tertiary/aromatic N) is 1. The highest BCUT2D eigenvalue weighted by atomic mass is 16.5. The molecule has 0 atom stereocenters. The van der Waals surface area contributed by atoms with Crippen LogP contribution >= 0.6 is 0 Å². The molecule has 0 fully saturated rings. The van der Waals surface area contributed by atoms with Crippen molar-refractivity contribution in [3.63, 3.8) is 0 Å². The molecule has 0 unspecified atom stereocenters. The Kier molecular flexibility index (Phi) is 3.50. The van der Waals surface area contributed by atoms with Crippen LogP contribution in [0.5, 0.6) is 5.75 Å². The molecule has 0 spiro atoms. The third-order valence-electron chi connectivity index (χ3n) is 1.31. The van der Waals surface area contributed by atoms with Crippen molar-refractivity contribution in [2.75, 3.05) is 6.61 Å². The molecule has 0 aliphatic rings. The van der Waals surface area contributed by atoms with Gasteiger partial charge < -0.3 is 9.84 Å². The Labute approximate surface area is 81.5 Å². The first kappa shape index (κ1) is 10.1. The van der Waals surface area contributed by atoms with Crippen LogP contribution in [0.1, 0.15) is 12.5 Å². The molecular weight excluding hydrogens is 182 g/mol. The van der Waals surface area contributed by atoms with Gasteiger partial charge in [0.15, 0.2) is 0 Å².